The van der Waals surface area contributed by atoms with Gasteiger partial charge in [-0.05, 0) is 18.4 Å². The van der Waals surface area contributed by atoms with Crippen molar-refractivity contribution in [1.29, 1.82) is 5.41 Å². The van der Waals surface area contributed by atoms with Crippen molar-refractivity contribution in [2.24, 2.45) is 5.73 Å². The lowest BCUT2D eigenvalue weighted by atomic mass is 10.2. The highest BCUT2D eigenvalue weighted by molar-refractivity contribution is 5.74. The summed E-state index contributed by atoms with van der Waals surface area (Å²) >= 11 is 0. The molecule has 0 spiro atoms. The molecular weight excluding hydrogens is 272 g/mol. The van der Waals surface area contributed by atoms with Crippen LogP contribution in [0.5, 0.6) is 0 Å². The second kappa shape index (κ2) is 9.35. The lowest BCUT2D eigenvalue weighted by Gasteiger charge is -2.12. The Morgan fingerprint density at radius 1 is 1.38 bits per heavy atom. The van der Waals surface area contributed by atoms with Crippen LogP contribution in [0.25, 0.3) is 0 Å². The number of rotatable bonds is 8. The number of guanidine groups is 1. The highest BCUT2D eigenvalue weighted by atomic mass is 16.5. The van der Waals surface area contributed by atoms with Crippen LogP contribution in [0.3, 0.4) is 0 Å². The first-order valence-electron chi connectivity index (χ1n) is 6.54. The maximum absolute atomic E-state index is 11.5. The molecule has 1 rings (SSSR count). The van der Waals surface area contributed by atoms with Crippen LogP contribution in [0.15, 0.2) is 30.3 Å². The van der Waals surface area contributed by atoms with E-state index in [-0.39, 0.29) is 12.6 Å². The molecule has 1 aromatic rings. The van der Waals surface area contributed by atoms with Crippen LogP contribution >= 0.6 is 0 Å². The molecule has 0 unspecified atom stereocenters. The van der Waals surface area contributed by atoms with Gasteiger partial charge in [0.25, 0.3) is 0 Å². The predicted octanol–water partition coefficient (Wildman–Crippen LogP) is 0.654. The summed E-state index contributed by atoms with van der Waals surface area (Å²) in [6.07, 6.45) is 2.05. The van der Waals surface area contributed by atoms with Gasteiger partial charge in [-0.15, -0.1) is 0 Å². The average Bonchev–Trinajstić information content (AvgIpc) is 2.49. The van der Waals surface area contributed by atoms with Gasteiger partial charge in [-0.1, -0.05) is 30.3 Å². The number of carbonyl (C=O) groups is 1. The molecule has 0 aliphatic heterocycles. The van der Waals surface area contributed by atoms with Crippen molar-refractivity contribution < 1.29 is 14.3 Å². The molecule has 0 fully saturated rings. The summed E-state index contributed by atoms with van der Waals surface area (Å²) in [4.78, 5) is 22.3. The summed E-state index contributed by atoms with van der Waals surface area (Å²) in [5.41, 5.74) is 5.99. The molecule has 0 saturated heterocycles. The van der Waals surface area contributed by atoms with Gasteiger partial charge in [0, 0.05) is 6.54 Å². The Hall–Kier alpha value is -2.57. The van der Waals surface area contributed by atoms with Crippen LogP contribution in [-0.2, 0) is 16.1 Å². The van der Waals surface area contributed by atoms with E-state index in [1.165, 1.54) is 0 Å². The zero-order valence-corrected chi connectivity index (χ0v) is 11.6. The number of carbonyl (C=O) groups excluding carboxylic acids is 2. The molecule has 1 aromatic carbocycles. The molecule has 21 heavy (non-hydrogen) atoms. The van der Waals surface area contributed by atoms with Gasteiger partial charge in [0.05, 0.1) is 6.04 Å². The van der Waals surface area contributed by atoms with E-state index in [2.05, 4.69) is 10.6 Å². The van der Waals surface area contributed by atoms with Crippen LogP contribution in [0, 0.1) is 5.41 Å². The first kappa shape index (κ1) is 16.5. The van der Waals surface area contributed by atoms with Gasteiger partial charge in [0.15, 0.2) is 5.96 Å². The highest BCUT2D eigenvalue weighted by Crippen LogP contribution is 2.01. The molecule has 0 saturated carbocycles. The number of alkyl carbamates (subject to hydrolysis) is 1. The Morgan fingerprint density at radius 3 is 2.71 bits per heavy atom. The van der Waals surface area contributed by atoms with Crippen LogP contribution in [0.1, 0.15) is 18.4 Å². The van der Waals surface area contributed by atoms with Gasteiger partial charge in [-0.25, -0.2) is 4.79 Å². The molecular formula is C14H19N4O3. The van der Waals surface area contributed by atoms with Crippen molar-refractivity contribution >= 4 is 18.3 Å². The second-order valence-corrected chi connectivity index (χ2v) is 4.36. The Kier molecular flexibility index (Phi) is 7.34. The topological polar surface area (TPSA) is 117 Å². The molecule has 1 atom stereocenters. The number of nitrogens with one attached hydrogen (secondary N) is 3. The van der Waals surface area contributed by atoms with Crippen LogP contribution in [-0.4, -0.2) is 30.9 Å². The van der Waals surface area contributed by atoms with E-state index < -0.39 is 12.1 Å². The van der Waals surface area contributed by atoms with E-state index in [0.29, 0.717) is 19.4 Å². The van der Waals surface area contributed by atoms with E-state index in [1.807, 2.05) is 30.3 Å². The van der Waals surface area contributed by atoms with Crippen molar-refractivity contribution in [1.82, 2.24) is 10.6 Å². The van der Waals surface area contributed by atoms with Gasteiger partial charge >= 0.3 is 6.09 Å². The first-order valence-corrected chi connectivity index (χ1v) is 6.54. The minimum absolute atomic E-state index is 0.128. The zero-order chi connectivity index (χ0) is 15.5. The standard InChI is InChI=1S/C14H19N4O3/c15-13(16)17-8-4-7-12(9-19)18-14(20)21-10-11-5-2-1-3-6-11/h1-3,5-6,12H,4,7-8,10H2,(H,18,20)(H4,15,16,17)/t12-/m1/s1. The third kappa shape index (κ3) is 7.56. The van der Waals surface area contributed by atoms with Crippen LogP contribution < -0.4 is 16.4 Å². The second-order valence-electron chi connectivity index (χ2n) is 4.36. The van der Waals surface area contributed by atoms with Crippen LogP contribution in [0.4, 0.5) is 4.79 Å². The summed E-state index contributed by atoms with van der Waals surface area (Å²) in [6.45, 7) is 0.596. The third-order valence-corrected chi connectivity index (χ3v) is 2.63. The van der Waals surface area contributed by atoms with Crippen LogP contribution in [0.2, 0.25) is 0 Å². The number of amides is 1. The number of ether oxygens (including phenoxy) is 1. The minimum Gasteiger partial charge on any atom is -0.445 e. The summed E-state index contributed by atoms with van der Waals surface area (Å²) in [6, 6.07) is 8.51. The van der Waals surface area contributed by atoms with E-state index in [4.69, 9.17) is 15.9 Å². The Labute approximate surface area is 123 Å². The van der Waals surface area contributed by atoms with Crippen molar-refractivity contribution in [2.45, 2.75) is 25.5 Å². The molecule has 0 aliphatic rings. The zero-order valence-electron chi connectivity index (χ0n) is 11.6. The van der Waals surface area contributed by atoms with E-state index >= 15 is 0 Å². The van der Waals surface area contributed by atoms with E-state index in [1.54, 1.807) is 6.29 Å². The number of benzene rings is 1. The Balaban J connectivity index is 2.24. The molecule has 1 radical (unpaired) electrons. The van der Waals surface area contributed by atoms with Crippen molar-refractivity contribution in [3.63, 3.8) is 0 Å². The van der Waals surface area contributed by atoms with E-state index in [0.717, 1.165) is 5.56 Å². The van der Waals surface area contributed by atoms with Crippen molar-refractivity contribution in [3.8, 4) is 0 Å². The Bertz CT molecular complexity index is 465. The molecule has 7 heteroatoms. The molecule has 0 aliphatic carbocycles. The molecule has 113 valence electrons. The summed E-state index contributed by atoms with van der Waals surface area (Å²) in [5.74, 6) is -0.128. The molecule has 1 amide bonds. The lowest BCUT2D eigenvalue weighted by Crippen LogP contribution is -2.37. The molecule has 0 aromatic heterocycles. The monoisotopic (exact) mass is 291 g/mol. The summed E-state index contributed by atoms with van der Waals surface area (Å²) in [5, 5.41) is 12.0. The SMILES string of the molecule is N=C(N)NCCC[C@H]([C]=O)NC(=O)OCc1ccccc1. The van der Waals surface area contributed by atoms with Crippen molar-refractivity contribution in [3.05, 3.63) is 35.9 Å². The Morgan fingerprint density at radius 2 is 2.10 bits per heavy atom. The molecule has 5 N–H and O–H groups in total. The van der Waals surface area contributed by atoms with Gasteiger partial charge < -0.3 is 21.1 Å². The van der Waals surface area contributed by atoms with Gasteiger partial charge in [0.1, 0.15) is 6.61 Å². The quantitative estimate of drug-likeness (QED) is 0.319. The predicted molar refractivity (Wildman–Crippen MR) is 78.4 cm³/mol. The van der Waals surface area contributed by atoms with Gasteiger partial charge in [0.2, 0.25) is 6.29 Å². The maximum atomic E-state index is 11.5. The molecule has 0 bridgehead atoms. The largest absolute Gasteiger partial charge is 0.445 e. The summed E-state index contributed by atoms with van der Waals surface area (Å²) < 4.78 is 5.01. The fourth-order valence-corrected chi connectivity index (χ4v) is 1.60. The maximum Gasteiger partial charge on any atom is 0.408 e. The minimum atomic E-state index is -0.734. The first-order chi connectivity index (χ1) is 10.1. The number of hydrogen-bond donors (Lipinski definition) is 4. The number of hydrogen-bond acceptors (Lipinski definition) is 4. The average molecular weight is 291 g/mol. The molecule has 7 nitrogen and oxygen atoms in total. The van der Waals surface area contributed by atoms with Gasteiger partial charge in [-0.3, -0.25) is 10.2 Å². The lowest BCUT2D eigenvalue weighted by molar-refractivity contribution is 0.137. The number of nitrogens with two attached hydrogens (primary N) is 1. The smallest absolute Gasteiger partial charge is 0.408 e. The van der Waals surface area contributed by atoms with Crippen molar-refractivity contribution in [2.75, 3.05) is 6.54 Å². The summed E-state index contributed by atoms with van der Waals surface area (Å²) in [7, 11) is 0. The third-order valence-electron chi connectivity index (χ3n) is 2.63. The van der Waals surface area contributed by atoms with E-state index in [9.17, 15) is 9.59 Å². The fraction of sp³-hybridized carbons (Fsp3) is 0.357. The fourth-order valence-electron chi connectivity index (χ4n) is 1.60. The highest BCUT2D eigenvalue weighted by Gasteiger charge is 2.12. The van der Waals surface area contributed by atoms with Gasteiger partial charge in [-0.2, -0.15) is 0 Å². The normalized spacial score (nSPS) is 11.2. The molecule has 0 heterocycles.